The SMILES string of the molecule is C=C(C[Si](OCC)(OCC)OCC)C(=O)OCCCc1ccc(-c2ccc(-c3ccc(C4CCC(CCCCC)CC4)cc3)cc2CC)cc1. The van der Waals surface area contributed by atoms with Gasteiger partial charge in [0.05, 0.1) is 6.61 Å². The van der Waals surface area contributed by atoms with Gasteiger partial charge in [0.2, 0.25) is 0 Å². The third-order valence-electron chi connectivity index (χ3n) is 10.2. The fourth-order valence-electron chi connectivity index (χ4n) is 7.43. The van der Waals surface area contributed by atoms with E-state index in [4.69, 9.17) is 18.0 Å². The monoisotopic (exact) mass is 698 g/mol. The second-order valence-corrected chi connectivity index (χ2v) is 16.3. The van der Waals surface area contributed by atoms with Crippen LogP contribution in [0.2, 0.25) is 6.04 Å². The molecule has 0 unspecified atom stereocenters. The molecule has 6 heteroatoms. The molecule has 272 valence electrons. The molecule has 1 aliphatic carbocycles. The van der Waals surface area contributed by atoms with E-state index in [9.17, 15) is 4.79 Å². The van der Waals surface area contributed by atoms with Crippen LogP contribution in [0.15, 0.2) is 78.9 Å². The van der Waals surface area contributed by atoms with Crippen LogP contribution in [0, 0.1) is 5.92 Å². The summed E-state index contributed by atoms with van der Waals surface area (Å²) >= 11 is 0. The molecule has 0 radical (unpaired) electrons. The van der Waals surface area contributed by atoms with Crippen molar-refractivity contribution < 1.29 is 22.8 Å². The zero-order chi connectivity index (χ0) is 35.8. The molecule has 0 aromatic heterocycles. The van der Waals surface area contributed by atoms with Crippen molar-refractivity contribution in [3.8, 4) is 22.3 Å². The predicted octanol–water partition coefficient (Wildman–Crippen LogP) is 11.5. The molecule has 5 nitrogen and oxygen atoms in total. The van der Waals surface area contributed by atoms with Gasteiger partial charge in [-0.2, -0.15) is 0 Å². The molecule has 0 spiro atoms. The Bertz CT molecular complexity index is 1440. The number of hydrogen-bond donors (Lipinski definition) is 0. The molecule has 0 heterocycles. The average Bonchev–Trinajstić information content (AvgIpc) is 3.14. The summed E-state index contributed by atoms with van der Waals surface area (Å²) < 4.78 is 23.1. The third-order valence-corrected chi connectivity index (χ3v) is 13.2. The van der Waals surface area contributed by atoms with Crippen molar-refractivity contribution in [1.29, 1.82) is 0 Å². The van der Waals surface area contributed by atoms with E-state index in [-0.39, 0.29) is 6.04 Å². The minimum Gasteiger partial charge on any atom is -0.462 e. The van der Waals surface area contributed by atoms with E-state index >= 15 is 0 Å². The molecule has 0 aliphatic heterocycles. The number of esters is 1. The number of carbonyl (C=O) groups excluding carboxylic acids is 1. The second kappa shape index (κ2) is 20.7. The lowest BCUT2D eigenvalue weighted by atomic mass is 9.77. The van der Waals surface area contributed by atoms with Crippen molar-refractivity contribution >= 4 is 14.8 Å². The first-order chi connectivity index (χ1) is 24.3. The highest BCUT2D eigenvalue weighted by Gasteiger charge is 2.42. The molecule has 3 aromatic rings. The van der Waals surface area contributed by atoms with Gasteiger partial charge in [0.15, 0.2) is 0 Å². The topological polar surface area (TPSA) is 54.0 Å². The summed E-state index contributed by atoms with van der Waals surface area (Å²) in [6, 6.07) is 25.4. The van der Waals surface area contributed by atoms with E-state index in [0.717, 1.165) is 31.1 Å². The molecular weight excluding hydrogens is 637 g/mol. The predicted molar refractivity (Wildman–Crippen MR) is 209 cm³/mol. The van der Waals surface area contributed by atoms with Gasteiger partial charge in [0.1, 0.15) is 0 Å². The molecule has 4 rings (SSSR count). The highest BCUT2D eigenvalue weighted by Crippen LogP contribution is 2.38. The standard InChI is InChI=1S/C44H62O5Si/c1-7-12-13-15-35-17-21-38(22-18-35)39-25-27-40(28-26-39)42-29-30-43(37(8-2)32-42)41-23-19-36(20-24-41)16-14-31-46-44(45)34(6)33-50(47-9-3,48-10-4)49-11-5/h19-20,23-30,32,35,38H,6-18,21-22,31,33H2,1-5H3. The Hall–Kier alpha value is -3.03. The van der Waals surface area contributed by atoms with Crippen molar-refractivity contribution in [1.82, 2.24) is 0 Å². The lowest BCUT2D eigenvalue weighted by Gasteiger charge is -2.29. The van der Waals surface area contributed by atoms with Crippen LogP contribution in [0.1, 0.15) is 115 Å². The minimum absolute atomic E-state index is 0.232. The highest BCUT2D eigenvalue weighted by molar-refractivity contribution is 6.62. The van der Waals surface area contributed by atoms with E-state index < -0.39 is 14.8 Å². The Balaban J connectivity index is 1.27. The molecule has 1 saturated carbocycles. The fraction of sp³-hybridized carbons (Fsp3) is 0.523. The largest absolute Gasteiger partial charge is 0.505 e. The maximum absolute atomic E-state index is 12.7. The maximum atomic E-state index is 12.7. The van der Waals surface area contributed by atoms with Gasteiger partial charge in [0.25, 0.3) is 0 Å². The Morgan fingerprint density at radius 1 is 0.740 bits per heavy atom. The normalized spacial score (nSPS) is 16.3. The van der Waals surface area contributed by atoms with E-state index in [1.165, 1.54) is 90.3 Å². The van der Waals surface area contributed by atoms with Gasteiger partial charge in [-0.05, 0) is 116 Å². The summed E-state index contributed by atoms with van der Waals surface area (Å²) in [5.41, 5.74) is 9.52. The minimum atomic E-state index is -3.00. The molecule has 0 atom stereocenters. The maximum Gasteiger partial charge on any atom is 0.505 e. The number of aryl methyl sites for hydroxylation is 2. The van der Waals surface area contributed by atoms with Crippen molar-refractivity contribution in [2.24, 2.45) is 5.92 Å². The number of rotatable bonds is 21. The van der Waals surface area contributed by atoms with Gasteiger partial charge in [-0.15, -0.1) is 0 Å². The van der Waals surface area contributed by atoms with Crippen LogP contribution < -0.4 is 0 Å². The summed E-state index contributed by atoms with van der Waals surface area (Å²) in [4.78, 5) is 12.7. The van der Waals surface area contributed by atoms with E-state index in [2.05, 4.69) is 87.2 Å². The van der Waals surface area contributed by atoms with Crippen LogP contribution in [0.25, 0.3) is 22.3 Å². The van der Waals surface area contributed by atoms with Crippen LogP contribution in [0.4, 0.5) is 0 Å². The summed E-state index contributed by atoms with van der Waals surface area (Å²) in [5, 5.41) is 0. The Kier molecular flexibility index (Phi) is 16.5. The van der Waals surface area contributed by atoms with E-state index in [1.807, 2.05) is 20.8 Å². The van der Waals surface area contributed by atoms with Crippen molar-refractivity contribution in [3.63, 3.8) is 0 Å². The van der Waals surface area contributed by atoms with Gasteiger partial charge >= 0.3 is 14.8 Å². The van der Waals surface area contributed by atoms with Crippen LogP contribution in [-0.4, -0.2) is 41.2 Å². The summed E-state index contributed by atoms with van der Waals surface area (Å²) in [6.07, 6.45) is 13.6. The van der Waals surface area contributed by atoms with Gasteiger partial charge < -0.3 is 18.0 Å². The Morgan fingerprint density at radius 2 is 1.36 bits per heavy atom. The van der Waals surface area contributed by atoms with Crippen molar-refractivity contribution in [3.05, 3.63) is 95.6 Å². The molecule has 1 fully saturated rings. The third kappa shape index (κ3) is 11.5. The first-order valence-corrected chi connectivity index (χ1v) is 21.4. The highest BCUT2D eigenvalue weighted by atomic mass is 28.4. The van der Waals surface area contributed by atoms with Gasteiger partial charge in [-0.25, -0.2) is 4.79 Å². The number of ether oxygens (including phenoxy) is 1. The van der Waals surface area contributed by atoms with Gasteiger partial charge in [-0.3, -0.25) is 0 Å². The number of hydrogen-bond acceptors (Lipinski definition) is 5. The number of unbranched alkanes of at least 4 members (excludes halogenated alkanes) is 2. The van der Waals surface area contributed by atoms with Crippen molar-refractivity contribution in [2.75, 3.05) is 26.4 Å². The molecule has 0 N–H and O–H groups in total. The van der Waals surface area contributed by atoms with Gasteiger partial charge in [0, 0.05) is 31.4 Å². The molecule has 0 saturated heterocycles. The zero-order valence-electron chi connectivity index (χ0n) is 31.6. The zero-order valence-corrected chi connectivity index (χ0v) is 32.6. The van der Waals surface area contributed by atoms with E-state index in [1.54, 1.807) is 0 Å². The van der Waals surface area contributed by atoms with Crippen LogP contribution in [0.3, 0.4) is 0 Å². The summed E-state index contributed by atoms with van der Waals surface area (Å²) in [6.45, 7) is 15.9. The Labute approximate surface area is 304 Å². The molecule has 50 heavy (non-hydrogen) atoms. The molecular formula is C44H62O5Si. The quantitative estimate of drug-likeness (QED) is 0.0480. The van der Waals surface area contributed by atoms with Crippen molar-refractivity contribution in [2.45, 2.75) is 117 Å². The Morgan fingerprint density at radius 3 is 1.96 bits per heavy atom. The van der Waals surface area contributed by atoms with E-state index in [0.29, 0.717) is 32.0 Å². The summed E-state index contributed by atoms with van der Waals surface area (Å²) in [5.74, 6) is 1.25. The number of carbonyl (C=O) groups is 1. The molecule has 0 amide bonds. The summed E-state index contributed by atoms with van der Waals surface area (Å²) in [7, 11) is -3.00. The van der Waals surface area contributed by atoms with Crippen LogP contribution >= 0.6 is 0 Å². The lowest BCUT2D eigenvalue weighted by molar-refractivity contribution is -0.139. The van der Waals surface area contributed by atoms with Crippen LogP contribution in [0.5, 0.6) is 0 Å². The number of benzene rings is 3. The molecule has 1 aliphatic rings. The molecule has 0 bridgehead atoms. The first kappa shape index (κ1) is 39.7. The molecule has 3 aromatic carbocycles. The first-order valence-electron chi connectivity index (χ1n) is 19.4. The second-order valence-electron chi connectivity index (χ2n) is 13.8. The fourth-order valence-corrected chi connectivity index (χ4v) is 9.97. The van der Waals surface area contributed by atoms with Gasteiger partial charge in [-0.1, -0.05) is 113 Å². The average molecular weight is 699 g/mol. The van der Waals surface area contributed by atoms with Crippen LogP contribution in [-0.2, 0) is 35.7 Å². The smallest absolute Gasteiger partial charge is 0.462 e. The lowest BCUT2D eigenvalue weighted by Crippen LogP contribution is -2.46.